The molecule has 0 aliphatic carbocycles. The molecule has 0 saturated heterocycles. The molecule has 0 heterocycles. The summed E-state index contributed by atoms with van der Waals surface area (Å²) in [6.45, 7) is -0.498. The van der Waals surface area contributed by atoms with E-state index in [1.807, 2.05) is 0 Å². The highest BCUT2D eigenvalue weighted by atomic mass is 79.9. The van der Waals surface area contributed by atoms with Crippen molar-refractivity contribution in [3.05, 3.63) is 56.4 Å². The molecule has 0 saturated carbocycles. The van der Waals surface area contributed by atoms with Gasteiger partial charge in [0, 0.05) is 9.50 Å². The van der Waals surface area contributed by atoms with Crippen molar-refractivity contribution >= 4 is 72.6 Å². The van der Waals surface area contributed by atoms with Gasteiger partial charge >= 0.3 is 0 Å². The van der Waals surface area contributed by atoms with Crippen LogP contribution >= 0.6 is 55.7 Å². The molecule has 0 bridgehead atoms. The Morgan fingerprint density at radius 3 is 2.32 bits per heavy atom. The van der Waals surface area contributed by atoms with Gasteiger partial charge in [0.25, 0.3) is 11.8 Å². The molecular formula is C17H14Br2ClN3O4S. The third-order valence-electron chi connectivity index (χ3n) is 3.00. The zero-order chi connectivity index (χ0) is 20.5. The minimum Gasteiger partial charge on any atom is -0.484 e. The van der Waals surface area contributed by atoms with Crippen LogP contribution in [0.25, 0.3) is 0 Å². The largest absolute Gasteiger partial charge is 0.484 e. The third kappa shape index (κ3) is 8.01. The van der Waals surface area contributed by atoms with Crippen LogP contribution in [0.1, 0.15) is 0 Å². The van der Waals surface area contributed by atoms with Crippen LogP contribution in [0.15, 0.2) is 51.4 Å². The van der Waals surface area contributed by atoms with Crippen molar-refractivity contribution in [2.24, 2.45) is 0 Å². The van der Waals surface area contributed by atoms with Crippen molar-refractivity contribution in [3.63, 3.8) is 0 Å². The first-order chi connectivity index (χ1) is 13.3. The average molecular weight is 552 g/mol. The maximum atomic E-state index is 11.8. The Hall–Kier alpha value is -1.88. The van der Waals surface area contributed by atoms with Gasteiger partial charge in [-0.15, -0.1) is 0 Å². The van der Waals surface area contributed by atoms with E-state index in [2.05, 4.69) is 48.0 Å². The molecular weight excluding hydrogens is 538 g/mol. The van der Waals surface area contributed by atoms with Gasteiger partial charge in [0.05, 0.1) is 4.47 Å². The second-order valence-corrected chi connectivity index (χ2v) is 7.77. The Morgan fingerprint density at radius 1 is 0.964 bits per heavy atom. The summed E-state index contributed by atoms with van der Waals surface area (Å²) in [5.41, 5.74) is 4.73. The number of ether oxygens (including phenoxy) is 2. The van der Waals surface area contributed by atoms with Gasteiger partial charge < -0.3 is 9.47 Å². The van der Waals surface area contributed by atoms with Gasteiger partial charge in [-0.2, -0.15) is 0 Å². The summed E-state index contributed by atoms with van der Waals surface area (Å²) in [7, 11) is 0. The van der Waals surface area contributed by atoms with E-state index in [0.717, 1.165) is 4.47 Å². The summed E-state index contributed by atoms with van der Waals surface area (Å²) in [4.78, 5) is 23.6. The molecule has 0 atom stereocenters. The Balaban J connectivity index is 1.66. The number of hydrogen-bond acceptors (Lipinski definition) is 5. The average Bonchev–Trinajstić information content (AvgIpc) is 2.65. The summed E-state index contributed by atoms with van der Waals surface area (Å²) in [6.07, 6.45) is 0. The minimum absolute atomic E-state index is 0.0807. The van der Waals surface area contributed by atoms with E-state index < -0.39 is 11.8 Å². The van der Waals surface area contributed by atoms with Crippen molar-refractivity contribution in [3.8, 4) is 11.5 Å². The number of carbonyl (C=O) groups excluding carboxylic acids is 2. The number of hydrogen-bond donors (Lipinski definition) is 3. The van der Waals surface area contributed by atoms with Crippen LogP contribution in [0, 0.1) is 0 Å². The second kappa shape index (κ2) is 11.2. The van der Waals surface area contributed by atoms with Gasteiger partial charge in [0.15, 0.2) is 18.3 Å². The summed E-state index contributed by atoms with van der Waals surface area (Å²) in [6, 6.07) is 11.8. The lowest BCUT2D eigenvalue weighted by atomic mass is 10.3. The highest BCUT2D eigenvalue weighted by Gasteiger charge is 2.09. The van der Waals surface area contributed by atoms with Gasteiger partial charge in [0.2, 0.25) is 0 Å². The fraction of sp³-hybridized carbons (Fsp3) is 0.118. The fourth-order valence-electron chi connectivity index (χ4n) is 1.77. The third-order valence-corrected chi connectivity index (χ3v) is 4.57. The maximum absolute atomic E-state index is 11.8. The molecule has 0 unspecified atom stereocenters. The number of benzene rings is 2. The Labute approximate surface area is 188 Å². The van der Waals surface area contributed by atoms with E-state index in [0.29, 0.717) is 21.0 Å². The van der Waals surface area contributed by atoms with Gasteiger partial charge in [-0.1, -0.05) is 27.5 Å². The van der Waals surface area contributed by atoms with Crippen molar-refractivity contribution in [1.82, 2.24) is 16.2 Å². The lowest BCUT2D eigenvalue weighted by Gasteiger charge is -2.12. The molecule has 3 N–H and O–H groups in total. The molecule has 0 aliphatic heterocycles. The van der Waals surface area contributed by atoms with E-state index in [1.54, 1.807) is 42.5 Å². The zero-order valence-electron chi connectivity index (χ0n) is 14.1. The predicted molar refractivity (Wildman–Crippen MR) is 116 cm³/mol. The van der Waals surface area contributed by atoms with Gasteiger partial charge in [-0.3, -0.25) is 25.8 Å². The molecule has 7 nitrogen and oxygen atoms in total. The molecule has 2 amide bonds. The van der Waals surface area contributed by atoms with E-state index in [9.17, 15) is 9.59 Å². The minimum atomic E-state index is -0.489. The number of amides is 2. The normalized spacial score (nSPS) is 9.96. The summed E-state index contributed by atoms with van der Waals surface area (Å²) in [5.74, 6) is 0.0251. The first kappa shape index (κ1) is 22.4. The van der Waals surface area contributed by atoms with E-state index >= 15 is 0 Å². The zero-order valence-corrected chi connectivity index (χ0v) is 18.9. The first-order valence-electron chi connectivity index (χ1n) is 7.68. The van der Waals surface area contributed by atoms with Crippen LogP contribution in [-0.4, -0.2) is 30.1 Å². The standard InChI is InChI=1S/C17H14Br2ClN3O4S/c18-10-1-6-14(13(19)7-10)27-9-16(25)22-23-17(28)21-15(24)8-26-12-4-2-11(20)3-5-12/h1-7H,8-9H2,(H,22,25)(H2,21,23,24,28). The summed E-state index contributed by atoms with van der Waals surface area (Å²) in [5, 5.41) is 2.85. The molecule has 2 rings (SSSR count). The number of halogens is 3. The van der Waals surface area contributed by atoms with Crippen molar-refractivity contribution in [1.29, 1.82) is 0 Å². The van der Waals surface area contributed by atoms with Crippen LogP contribution in [-0.2, 0) is 9.59 Å². The molecule has 0 spiro atoms. The van der Waals surface area contributed by atoms with Crippen LogP contribution in [0.2, 0.25) is 5.02 Å². The lowest BCUT2D eigenvalue weighted by molar-refractivity contribution is -0.124. The van der Waals surface area contributed by atoms with E-state index in [1.165, 1.54) is 0 Å². The van der Waals surface area contributed by atoms with Crippen molar-refractivity contribution in [2.45, 2.75) is 0 Å². The van der Waals surface area contributed by atoms with Gasteiger partial charge in [-0.05, 0) is 70.6 Å². The van der Waals surface area contributed by atoms with Crippen molar-refractivity contribution in [2.75, 3.05) is 13.2 Å². The lowest BCUT2D eigenvalue weighted by Crippen LogP contribution is -2.50. The Bertz CT molecular complexity index is 868. The van der Waals surface area contributed by atoms with Crippen LogP contribution in [0.3, 0.4) is 0 Å². The highest BCUT2D eigenvalue weighted by molar-refractivity contribution is 9.11. The Morgan fingerprint density at radius 2 is 1.64 bits per heavy atom. The smallest absolute Gasteiger partial charge is 0.276 e. The van der Waals surface area contributed by atoms with Crippen LogP contribution in [0.5, 0.6) is 11.5 Å². The van der Waals surface area contributed by atoms with Crippen molar-refractivity contribution < 1.29 is 19.1 Å². The van der Waals surface area contributed by atoms with Crippen LogP contribution in [0.4, 0.5) is 0 Å². The molecule has 2 aromatic carbocycles. The van der Waals surface area contributed by atoms with Gasteiger partial charge in [-0.25, -0.2) is 0 Å². The molecule has 148 valence electrons. The fourth-order valence-corrected chi connectivity index (χ4v) is 3.22. The summed E-state index contributed by atoms with van der Waals surface area (Å²) >= 11 is 17.4. The van der Waals surface area contributed by atoms with E-state index in [4.69, 9.17) is 33.3 Å². The molecule has 0 aromatic heterocycles. The van der Waals surface area contributed by atoms with Crippen LogP contribution < -0.4 is 25.6 Å². The number of thiocarbonyl (C=S) groups is 1. The molecule has 28 heavy (non-hydrogen) atoms. The summed E-state index contributed by atoms with van der Waals surface area (Å²) < 4.78 is 12.2. The molecule has 0 fully saturated rings. The highest BCUT2D eigenvalue weighted by Crippen LogP contribution is 2.28. The topological polar surface area (TPSA) is 88.7 Å². The first-order valence-corrected chi connectivity index (χ1v) is 10.1. The van der Waals surface area contributed by atoms with Gasteiger partial charge in [0.1, 0.15) is 11.5 Å². The number of rotatable bonds is 6. The predicted octanol–water partition coefficient (Wildman–Crippen LogP) is 3.34. The molecule has 0 aliphatic rings. The number of carbonyl (C=O) groups is 2. The van der Waals surface area contributed by atoms with E-state index in [-0.39, 0.29) is 18.3 Å². The molecule has 2 aromatic rings. The molecule has 0 radical (unpaired) electrons. The second-order valence-electron chi connectivity index (χ2n) is 5.16. The monoisotopic (exact) mass is 549 g/mol. The number of hydrazine groups is 1. The molecule has 11 heteroatoms. The SMILES string of the molecule is O=C(COc1ccc(Br)cc1Br)NNC(=S)NC(=O)COc1ccc(Cl)cc1. The Kier molecular flexibility index (Phi) is 8.97. The quantitative estimate of drug-likeness (QED) is 0.377. The number of nitrogens with one attached hydrogen (secondary N) is 3. The maximum Gasteiger partial charge on any atom is 0.276 e.